The van der Waals surface area contributed by atoms with Gasteiger partial charge in [0, 0.05) is 23.8 Å². The average molecular weight is 361 g/mol. The second-order valence-corrected chi connectivity index (χ2v) is 6.75. The summed E-state index contributed by atoms with van der Waals surface area (Å²) in [5.74, 6) is -0.116. The maximum atomic E-state index is 12.9. The average Bonchev–Trinajstić information content (AvgIpc) is 2.98. The Kier molecular flexibility index (Phi) is 3.70. The van der Waals surface area contributed by atoms with Gasteiger partial charge in [-0.3, -0.25) is 4.79 Å². The highest BCUT2D eigenvalue weighted by Crippen LogP contribution is 2.32. The predicted molar refractivity (Wildman–Crippen MR) is 92.6 cm³/mol. The summed E-state index contributed by atoms with van der Waals surface area (Å²) in [5.41, 5.74) is 3.28. The molecule has 1 atom stereocenters. The van der Waals surface area contributed by atoms with E-state index in [-0.39, 0.29) is 11.9 Å². The molecule has 1 unspecified atom stereocenters. The van der Waals surface area contributed by atoms with Gasteiger partial charge in [0.05, 0.1) is 17.3 Å². The zero-order valence-electron chi connectivity index (χ0n) is 12.9. The van der Waals surface area contributed by atoms with E-state index in [1.807, 2.05) is 30.0 Å². The first kappa shape index (κ1) is 15.4. The fraction of sp³-hybridized carbons (Fsp3) is 0.235. The Hall–Kier alpha value is -2.11. The minimum absolute atomic E-state index is 0.0543. The minimum atomic E-state index is -0.116. The van der Waals surface area contributed by atoms with Crippen molar-refractivity contribution in [2.45, 2.75) is 19.4 Å². The van der Waals surface area contributed by atoms with Gasteiger partial charge >= 0.3 is 0 Å². The third-order valence-corrected chi connectivity index (χ3v) is 4.84. The van der Waals surface area contributed by atoms with Crippen LogP contribution in [0.2, 0.25) is 10.0 Å². The number of hydrogen-bond donors (Lipinski definition) is 0. The van der Waals surface area contributed by atoms with Gasteiger partial charge < -0.3 is 4.90 Å². The molecule has 4 rings (SSSR count). The van der Waals surface area contributed by atoms with Crippen LogP contribution in [0.15, 0.2) is 36.7 Å². The number of carbonyl (C=O) groups is 1. The second-order valence-electron chi connectivity index (χ2n) is 5.87. The summed E-state index contributed by atoms with van der Waals surface area (Å²) >= 11 is 12.0. The normalized spacial score (nSPS) is 17.1. The maximum absolute atomic E-state index is 12.9. The number of amides is 1. The van der Waals surface area contributed by atoms with Gasteiger partial charge in [0.15, 0.2) is 11.3 Å². The van der Waals surface area contributed by atoms with Crippen LogP contribution in [-0.4, -0.2) is 31.9 Å². The van der Waals surface area contributed by atoms with Gasteiger partial charge in [-0.1, -0.05) is 29.3 Å². The predicted octanol–water partition coefficient (Wildman–Crippen LogP) is 3.80. The van der Waals surface area contributed by atoms with Gasteiger partial charge in [-0.2, -0.15) is 5.10 Å². The maximum Gasteiger partial charge on any atom is 0.274 e. The number of hydrogen-bond acceptors (Lipinski definition) is 3. The quantitative estimate of drug-likeness (QED) is 0.663. The first-order chi connectivity index (χ1) is 11.5. The molecular formula is C17H14Cl2N4O. The molecule has 7 heteroatoms. The Morgan fingerprint density at radius 3 is 2.92 bits per heavy atom. The monoisotopic (exact) mass is 360 g/mol. The molecule has 1 aromatic carbocycles. The number of rotatable bonds is 1. The first-order valence-corrected chi connectivity index (χ1v) is 8.39. The Morgan fingerprint density at radius 2 is 2.08 bits per heavy atom. The molecule has 0 saturated heterocycles. The van der Waals surface area contributed by atoms with E-state index in [0.717, 1.165) is 12.0 Å². The van der Waals surface area contributed by atoms with Gasteiger partial charge in [-0.15, -0.1) is 0 Å². The zero-order valence-corrected chi connectivity index (χ0v) is 14.4. The minimum Gasteiger partial charge on any atom is -0.330 e. The molecule has 0 N–H and O–H groups in total. The number of fused-ring (bicyclic) bond motifs is 2. The molecule has 3 heterocycles. The Bertz CT molecular complexity index is 953. The molecule has 0 spiro atoms. The third kappa shape index (κ3) is 2.54. The fourth-order valence-corrected chi connectivity index (χ4v) is 3.49. The summed E-state index contributed by atoms with van der Waals surface area (Å²) in [6.45, 7) is 2.66. The van der Waals surface area contributed by atoms with Crippen LogP contribution in [-0.2, 0) is 6.42 Å². The molecule has 2 aromatic heterocycles. The molecule has 0 bridgehead atoms. The number of halogens is 2. The molecule has 1 aliphatic heterocycles. The van der Waals surface area contributed by atoms with Crippen LogP contribution in [0, 0.1) is 0 Å². The fourth-order valence-electron chi connectivity index (χ4n) is 3.17. The lowest BCUT2D eigenvalue weighted by atomic mass is 9.93. The SMILES string of the molecule is CC1c2cc(Cl)ccc2CCN1C(=O)c1cc2ncc(Cl)cn2n1. The van der Waals surface area contributed by atoms with Crippen molar-refractivity contribution in [3.05, 3.63) is 63.5 Å². The van der Waals surface area contributed by atoms with E-state index in [4.69, 9.17) is 23.2 Å². The van der Waals surface area contributed by atoms with Crippen LogP contribution < -0.4 is 0 Å². The van der Waals surface area contributed by atoms with Gasteiger partial charge in [0.2, 0.25) is 0 Å². The van der Waals surface area contributed by atoms with Gasteiger partial charge in [-0.25, -0.2) is 9.50 Å². The van der Waals surface area contributed by atoms with Crippen molar-refractivity contribution in [2.75, 3.05) is 6.54 Å². The Labute approximate surface area is 148 Å². The van der Waals surface area contributed by atoms with Crippen molar-refractivity contribution in [1.82, 2.24) is 19.5 Å². The third-order valence-electron chi connectivity index (χ3n) is 4.41. The number of carbonyl (C=O) groups excluding carboxylic acids is 1. The molecular weight excluding hydrogens is 347 g/mol. The van der Waals surface area contributed by atoms with Crippen LogP contribution in [0.5, 0.6) is 0 Å². The van der Waals surface area contributed by atoms with Gasteiger partial charge in [0.1, 0.15) is 0 Å². The summed E-state index contributed by atoms with van der Waals surface area (Å²) in [6.07, 6.45) is 3.98. The topological polar surface area (TPSA) is 50.5 Å². The summed E-state index contributed by atoms with van der Waals surface area (Å²) in [7, 11) is 0. The van der Waals surface area contributed by atoms with Crippen molar-refractivity contribution in [3.8, 4) is 0 Å². The molecule has 24 heavy (non-hydrogen) atoms. The molecule has 1 aliphatic rings. The van der Waals surface area contributed by atoms with E-state index in [2.05, 4.69) is 10.1 Å². The highest BCUT2D eigenvalue weighted by molar-refractivity contribution is 6.30. The van der Waals surface area contributed by atoms with E-state index in [9.17, 15) is 4.79 Å². The largest absolute Gasteiger partial charge is 0.330 e. The summed E-state index contributed by atoms with van der Waals surface area (Å²) in [6, 6.07) is 7.49. The lowest BCUT2D eigenvalue weighted by Gasteiger charge is -2.35. The van der Waals surface area contributed by atoms with Crippen molar-refractivity contribution in [1.29, 1.82) is 0 Å². The number of aromatic nitrogens is 3. The summed E-state index contributed by atoms with van der Waals surface area (Å²) in [5, 5.41) is 5.46. The zero-order chi connectivity index (χ0) is 16.8. The van der Waals surface area contributed by atoms with E-state index in [0.29, 0.717) is 27.9 Å². The van der Waals surface area contributed by atoms with Gasteiger partial charge in [0.25, 0.3) is 5.91 Å². The van der Waals surface area contributed by atoms with Crippen molar-refractivity contribution < 1.29 is 4.79 Å². The molecule has 0 saturated carbocycles. The summed E-state index contributed by atoms with van der Waals surface area (Å²) < 4.78 is 1.52. The standard InChI is InChI=1S/C17H14Cl2N4O/c1-10-14-6-12(18)3-2-11(14)4-5-22(10)17(24)15-7-16-20-8-13(19)9-23(16)21-15/h2-3,6-10H,4-5H2,1H3. The molecule has 0 radical (unpaired) electrons. The van der Waals surface area contributed by atoms with Crippen LogP contribution in [0.4, 0.5) is 0 Å². The smallest absolute Gasteiger partial charge is 0.274 e. The van der Waals surface area contributed by atoms with Crippen molar-refractivity contribution in [3.63, 3.8) is 0 Å². The molecule has 0 aliphatic carbocycles. The van der Waals surface area contributed by atoms with Crippen molar-refractivity contribution in [2.24, 2.45) is 0 Å². The first-order valence-electron chi connectivity index (χ1n) is 7.63. The molecule has 122 valence electrons. The Balaban J connectivity index is 1.68. The van der Waals surface area contributed by atoms with E-state index < -0.39 is 0 Å². The van der Waals surface area contributed by atoms with E-state index >= 15 is 0 Å². The summed E-state index contributed by atoms with van der Waals surface area (Å²) in [4.78, 5) is 18.9. The second kappa shape index (κ2) is 5.76. The Morgan fingerprint density at radius 1 is 1.25 bits per heavy atom. The van der Waals surface area contributed by atoms with Crippen LogP contribution in [0.25, 0.3) is 5.65 Å². The highest BCUT2D eigenvalue weighted by Gasteiger charge is 2.29. The van der Waals surface area contributed by atoms with Crippen molar-refractivity contribution >= 4 is 34.8 Å². The van der Waals surface area contributed by atoms with Crippen LogP contribution >= 0.6 is 23.2 Å². The lowest BCUT2D eigenvalue weighted by molar-refractivity contribution is 0.0671. The lowest BCUT2D eigenvalue weighted by Crippen LogP contribution is -2.39. The molecule has 0 fully saturated rings. The van der Waals surface area contributed by atoms with Crippen LogP contribution in [0.3, 0.4) is 0 Å². The molecule has 5 nitrogen and oxygen atoms in total. The number of nitrogens with zero attached hydrogens (tertiary/aromatic N) is 4. The van der Waals surface area contributed by atoms with E-state index in [1.165, 1.54) is 16.3 Å². The number of benzene rings is 1. The highest BCUT2D eigenvalue weighted by atomic mass is 35.5. The van der Waals surface area contributed by atoms with Gasteiger partial charge in [-0.05, 0) is 36.6 Å². The molecule has 3 aromatic rings. The van der Waals surface area contributed by atoms with Crippen LogP contribution in [0.1, 0.15) is 34.6 Å². The molecule has 1 amide bonds. The van der Waals surface area contributed by atoms with E-state index in [1.54, 1.807) is 12.3 Å².